The van der Waals surface area contributed by atoms with Crippen LogP contribution in [0.3, 0.4) is 0 Å². The summed E-state index contributed by atoms with van der Waals surface area (Å²) in [6.45, 7) is 0. The topological polar surface area (TPSA) is 35.8 Å². The molecular formula is C16H12ClFN2. The highest BCUT2D eigenvalue weighted by molar-refractivity contribution is 6.30. The molecule has 1 aliphatic carbocycles. The fraction of sp³-hybridized carbons (Fsp3) is 0.188. The molecule has 1 atom stereocenters. The molecule has 3 rings (SSSR count). The summed E-state index contributed by atoms with van der Waals surface area (Å²) in [7, 11) is 0. The van der Waals surface area contributed by atoms with Gasteiger partial charge in [0.05, 0.1) is 11.8 Å². The molecule has 4 heteroatoms. The zero-order valence-corrected chi connectivity index (χ0v) is 11.4. The number of hydrogen-bond acceptors (Lipinski definition) is 2. The quantitative estimate of drug-likeness (QED) is 0.895. The molecule has 0 saturated carbocycles. The Bertz CT molecular complexity index is 708. The number of fused-ring (bicyclic) bond motifs is 1. The first-order valence-electron chi connectivity index (χ1n) is 6.37. The first-order valence-corrected chi connectivity index (χ1v) is 6.75. The standard InChI is InChI=1S/C16H12ClFN2/c17-12-5-6-13-11(9-12)7-8-16(13,10-19)20-15-4-2-1-3-14(15)18/h1-6,9,20H,7-8H2. The van der Waals surface area contributed by atoms with Crippen LogP contribution >= 0.6 is 11.6 Å². The first kappa shape index (κ1) is 13.0. The predicted molar refractivity (Wildman–Crippen MR) is 77.1 cm³/mol. The molecule has 1 aliphatic rings. The summed E-state index contributed by atoms with van der Waals surface area (Å²) >= 11 is 5.98. The molecule has 0 radical (unpaired) electrons. The lowest BCUT2D eigenvalue weighted by atomic mass is 9.93. The van der Waals surface area contributed by atoms with Gasteiger partial charge in [0.15, 0.2) is 5.54 Å². The summed E-state index contributed by atoms with van der Waals surface area (Å²) in [4.78, 5) is 0. The van der Waals surface area contributed by atoms with Crippen molar-refractivity contribution in [2.75, 3.05) is 5.32 Å². The second-order valence-corrected chi connectivity index (χ2v) is 5.36. The molecule has 1 unspecified atom stereocenters. The average Bonchev–Trinajstić information content (AvgIpc) is 2.80. The van der Waals surface area contributed by atoms with E-state index in [2.05, 4.69) is 11.4 Å². The van der Waals surface area contributed by atoms with Crippen molar-refractivity contribution in [2.45, 2.75) is 18.4 Å². The van der Waals surface area contributed by atoms with Crippen LogP contribution in [0.15, 0.2) is 42.5 Å². The number of aryl methyl sites for hydroxylation is 1. The van der Waals surface area contributed by atoms with E-state index in [1.807, 2.05) is 12.1 Å². The molecule has 2 aromatic rings. The maximum Gasteiger partial charge on any atom is 0.151 e. The van der Waals surface area contributed by atoms with Gasteiger partial charge < -0.3 is 5.32 Å². The van der Waals surface area contributed by atoms with Crippen molar-refractivity contribution in [3.05, 3.63) is 64.4 Å². The summed E-state index contributed by atoms with van der Waals surface area (Å²) < 4.78 is 13.8. The Morgan fingerprint density at radius 3 is 2.80 bits per heavy atom. The third-order valence-corrected chi connectivity index (χ3v) is 3.94. The zero-order valence-electron chi connectivity index (χ0n) is 10.7. The third kappa shape index (κ3) is 2.03. The van der Waals surface area contributed by atoms with E-state index >= 15 is 0 Å². The summed E-state index contributed by atoms with van der Waals surface area (Å²) in [5.41, 5.74) is 1.38. The van der Waals surface area contributed by atoms with Gasteiger partial charge in [0.25, 0.3) is 0 Å². The van der Waals surface area contributed by atoms with Gasteiger partial charge in [-0.05, 0) is 48.2 Å². The Morgan fingerprint density at radius 2 is 2.05 bits per heavy atom. The number of nitriles is 1. The molecule has 0 aliphatic heterocycles. The summed E-state index contributed by atoms with van der Waals surface area (Å²) in [6.07, 6.45) is 1.36. The number of benzene rings is 2. The van der Waals surface area contributed by atoms with Gasteiger partial charge >= 0.3 is 0 Å². The number of rotatable bonds is 2. The van der Waals surface area contributed by atoms with E-state index in [-0.39, 0.29) is 5.82 Å². The Balaban J connectivity index is 2.04. The molecule has 0 fully saturated rings. The molecule has 1 N–H and O–H groups in total. The second kappa shape index (κ2) is 4.81. The van der Waals surface area contributed by atoms with Crippen LogP contribution in [0.25, 0.3) is 0 Å². The van der Waals surface area contributed by atoms with Crippen LogP contribution in [0.1, 0.15) is 17.5 Å². The van der Waals surface area contributed by atoms with Gasteiger partial charge in [0.1, 0.15) is 5.82 Å². The SMILES string of the molecule is N#CC1(Nc2ccccc2F)CCc2cc(Cl)ccc21. The minimum absolute atomic E-state index is 0.344. The van der Waals surface area contributed by atoms with E-state index in [0.29, 0.717) is 17.1 Å². The summed E-state index contributed by atoms with van der Waals surface area (Å²) in [6, 6.07) is 14.2. The average molecular weight is 287 g/mol. The lowest BCUT2D eigenvalue weighted by molar-refractivity contribution is 0.593. The number of hydrogen-bond donors (Lipinski definition) is 1. The number of nitrogens with one attached hydrogen (secondary N) is 1. The second-order valence-electron chi connectivity index (χ2n) is 4.92. The molecule has 0 aromatic heterocycles. The van der Waals surface area contributed by atoms with Crippen molar-refractivity contribution in [2.24, 2.45) is 0 Å². The largest absolute Gasteiger partial charge is 0.361 e. The van der Waals surface area contributed by atoms with E-state index in [9.17, 15) is 9.65 Å². The van der Waals surface area contributed by atoms with E-state index < -0.39 is 5.54 Å². The van der Waals surface area contributed by atoms with Crippen molar-refractivity contribution in [3.63, 3.8) is 0 Å². The number of para-hydroxylation sites is 1. The molecule has 0 spiro atoms. The van der Waals surface area contributed by atoms with Crippen LogP contribution in [0, 0.1) is 17.1 Å². The molecule has 2 aromatic carbocycles. The Morgan fingerprint density at radius 1 is 1.25 bits per heavy atom. The van der Waals surface area contributed by atoms with Crippen LogP contribution in [0.5, 0.6) is 0 Å². The Kier molecular flexibility index (Phi) is 3.11. The molecule has 2 nitrogen and oxygen atoms in total. The minimum Gasteiger partial charge on any atom is -0.361 e. The van der Waals surface area contributed by atoms with Crippen molar-refractivity contribution >= 4 is 17.3 Å². The highest BCUT2D eigenvalue weighted by Gasteiger charge is 2.39. The first-order chi connectivity index (χ1) is 9.64. The highest BCUT2D eigenvalue weighted by Crippen LogP contribution is 2.40. The Hall–Kier alpha value is -2.05. The minimum atomic E-state index is -0.887. The van der Waals surface area contributed by atoms with E-state index in [1.165, 1.54) is 6.07 Å². The molecule has 0 heterocycles. The van der Waals surface area contributed by atoms with Gasteiger partial charge in [-0.1, -0.05) is 29.8 Å². The third-order valence-electron chi connectivity index (χ3n) is 3.71. The van der Waals surface area contributed by atoms with Gasteiger partial charge in [0, 0.05) is 5.02 Å². The number of halogens is 2. The number of nitrogens with zero attached hydrogens (tertiary/aromatic N) is 1. The lowest BCUT2D eigenvalue weighted by Gasteiger charge is -2.25. The molecule has 0 bridgehead atoms. The molecule has 0 saturated heterocycles. The van der Waals surface area contributed by atoms with Crippen LogP contribution in [0.2, 0.25) is 5.02 Å². The maximum atomic E-state index is 13.8. The highest BCUT2D eigenvalue weighted by atomic mass is 35.5. The molecular weight excluding hydrogens is 275 g/mol. The van der Waals surface area contributed by atoms with Crippen molar-refractivity contribution < 1.29 is 4.39 Å². The fourth-order valence-electron chi connectivity index (χ4n) is 2.71. The number of anilines is 1. The van der Waals surface area contributed by atoms with Crippen LogP contribution in [0.4, 0.5) is 10.1 Å². The van der Waals surface area contributed by atoms with Crippen molar-refractivity contribution in [1.29, 1.82) is 5.26 Å². The van der Waals surface area contributed by atoms with E-state index in [1.54, 1.807) is 24.3 Å². The smallest absolute Gasteiger partial charge is 0.151 e. The molecule has 100 valence electrons. The van der Waals surface area contributed by atoms with E-state index in [0.717, 1.165) is 17.5 Å². The molecule has 0 amide bonds. The van der Waals surface area contributed by atoms with Gasteiger partial charge in [-0.3, -0.25) is 0 Å². The Labute approximate surface area is 121 Å². The van der Waals surface area contributed by atoms with Crippen molar-refractivity contribution in [3.8, 4) is 6.07 Å². The maximum absolute atomic E-state index is 13.8. The lowest BCUT2D eigenvalue weighted by Crippen LogP contribution is -2.31. The summed E-state index contributed by atoms with van der Waals surface area (Å²) in [5, 5.41) is 13.3. The van der Waals surface area contributed by atoms with Crippen LogP contribution in [-0.2, 0) is 12.0 Å². The van der Waals surface area contributed by atoms with Gasteiger partial charge in [0.2, 0.25) is 0 Å². The predicted octanol–water partition coefficient (Wildman–Crippen LogP) is 4.26. The summed E-state index contributed by atoms with van der Waals surface area (Å²) in [5.74, 6) is -0.357. The normalized spacial score (nSPS) is 20.2. The molecule has 20 heavy (non-hydrogen) atoms. The van der Waals surface area contributed by atoms with E-state index in [4.69, 9.17) is 11.6 Å². The van der Waals surface area contributed by atoms with Gasteiger partial charge in [-0.25, -0.2) is 4.39 Å². The van der Waals surface area contributed by atoms with Crippen molar-refractivity contribution in [1.82, 2.24) is 0 Å². The van der Waals surface area contributed by atoms with Crippen LogP contribution < -0.4 is 5.32 Å². The van der Waals surface area contributed by atoms with Crippen LogP contribution in [-0.4, -0.2) is 0 Å². The fourth-order valence-corrected chi connectivity index (χ4v) is 2.90. The monoisotopic (exact) mass is 286 g/mol. The van der Waals surface area contributed by atoms with Gasteiger partial charge in [-0.2, -0.15) is 5.26 Å². The zero-order chi connectivity index (χ0) is 14.2. The van der Waals surface area contributed by atoms with Gasteiger partial charge in [-0.15, -0.1) is 0 Å².